The lowest BCUT2D eigenvalue weighted by Gasteiger charge is -2.17. The minimum absolute atomic E-state index is 0.0764. The zero-order chi connectivity index (χ0) is 19.2. The van der Waals surface area contributed by atoms with E-state index in [1.807, 2.05) is 36.7 Å². The van der Waals surface area contributed by atoms with Crippen LogP contribution in [-0.4, -0.2) is 38.4 Å². The second kappa shape index (κ2) is 8.86. The maximum Gasteiger partial charge on any atom is 0.233 e. The van der Waals surface area contributed by atoms with Crippen LogP contribution in [0.2, 0.25) is 0 Å². The van der Waals surface area contributed by atoms with Gasteiger partial charge in [0.2, 0.25) is 5.91 Å². The molecule has 0 spiro atoms. The van der Waals surface area contributed by atoms with Crippen molar-refractivity contribution in [1.29, 1.82) is 0 Å². The third-order valence-corrected chi connectivity index (χ3v) is 5.33. The van der Waals surface area contributed by atoms with Crippen LogP contribution in [0.25, 0.3) is 0 Å². The number of carbonyl (C=O) groups is 1. The molecule has 3 aromatic rings. The lowest BCUT2D eigenvalue weighted by atomic mass is 10.1. The van der Waals surface area contributed by atoms with E-state index >= 15 is 0 Å². The highest BCUT2D eigenvalue weighted by Crippen LogP contribution is 2.19. The average Bonchev–Trinajstić information content (AvgIpc) is 3.02. The van der Waals surface area contributed by atoms with Gasteiger partial charge in [-0.15, -0.1) is 10.2 Å². The number of aryl methyl sites for hydroxylation is 2. The third kappa shape index (κ3) is 5.20. The van der Waals surface area contributed by atoms with Crippen molar-refractivity contribution in [2.24, 2.45) is 0 Å². The SMILES string of the molecule is Cc1ccc(CN(C)C(=O)CSc2nnc(C)n2Cc2ccccc2)cc1. The Bertz CT molecular complexity index is 890. The van der Waals surface area contributed by atoms with Crippen LogP contribution in [0.5, 0.6) is 0 Å². The van der Waals surface area contributed by atoms with Crippen LogP contribution in [0.3, 0.4) is 0 Å². The molecule has 5 nitrogen and oxygen atoms in total. The summed E-state index contributed by atoms with van der Waals surface area (Å²) in [7, 11) is 1.84. The fourth-order valence-electron chi connectivity index (χ4n) is 2.71. The maximum atomic E-state index is 12.5. The molecule has 0 aliphatic carbocycles. The van der Waals surface area contributed by atoms with Crippen LogP contribution < -0.4 is 0 Å². The zero-order valence-electron chi connectivity index (χ0n) is 15.9. The molecule has 1 aromatic heterocycles. The molecule has 140 valence electrons. The molecular weight excluding hydrogens is 356 g/mol. The van der Waals surface area contributed by atoms with E-state index in [-0.39, 0.29) is 5.91 Å². The number of aromatic nitrogens is 3. The van der Waals surface area contributed by atoms with E-state index in [9.17, 15) is 4.79 Å². The largest absolute Gasteiger partial charge is 0.341 e. The molecule has 1 heterocycles. The highest BCUT2D eigenvalue weighted by atomic mass is 32.2. The second-order valence-electron chi connectivity index (χ2n) is 6.63. The summed E-state index contributed by atoms with van der Waals surface area (Å²) in [5.74, 6) is 1.27. The van der Waals surface area contributed by atoms with E-state index in [1.165, 1.54) is 22.9 Å². The Morgan fingerprint density at radius 2 is 1.70 bits per heavy atom. The van der Waals surface area contributed by atoms with Crippen molar-refractivity contribution in [3.8, 4) is 0 Å². The van der Waals surface area contributed by atoms with Gasteiger partial charge in [0.1, 0.15) is 5.82 Å². The Morgan fingerprint density at radius 3 is 2.41 bits per heavy atom. The molecule has 0 unspecified atom stereocenters. The highest BCUT2D eigenvalue weighted by molar-refractivity contribution is 7.99. The molecule has 0 saturated carbocycles. The molecule has 27 heavy (non-hydrogen) atoms. The van der Waals surface area contributed by atoms with Crippen molar-refractivity contribution < 1.29 is 4.79 Å². The minimum Gasteiger partial charge on any atom is -0.341 e. The summed E-state index contributed by atoms with van der Waals surface area (Å²) in [5.41, 5.74) is 3.53. The number of rotatable bonds is 7. The lowest BCUT2D eigenvalue weighted by molar-refractivity contribution is -0.127. The first-order chi connectivity index (χ1) is 13.0. The molecule has 6 heteroatoms. The van der Waals surface area contributed by atoms with Gasteiger partial charge in [0, 0.05) is 13.6 Å². The van der Waals surface area contributed by atoms with E-state index in [0.29, 0.717) is 18.8 Å². The number of carbonyl (C=O) groups excluding carboxylic acids is 1. The quantitative estimate of drug-likeness (QED) is 0.587. The van der Waals surface area contributed by atoms with Crippen LogP contribution in [0.15, 0.2) is 59.8 Å². The Morgan fingerprint density at radius 1 is 1.00 bits per heavy atom. The zero-order valence-corrected chi connectivity index (χ0v) is 16.7. The van der Waals surface area contributed by atoms with Crippen LogP contribution >= 0.6 is 11.8 Å². The van der Waals surface area contributed by atoms with Gasteiger partial charge in [-0.25, -0.2) is 0 Å². The van der Waals surface area contributed by atoms with Gasteiger partial charge in [-0.2, -0.15) is 0 Å². The number of benzene rings is 2. The summed E-state index contributed by atoms with van der Waals surface area (Å²) in [6, 6.07) is 18.5. The van der Waals surface area contributed by atoms with Gasteiger partial charge in [0.15, 0.2) is 5.16 Å². The molecule has 0 N–H and O–H groups in total. The minimum atomic E-state index is 0.0764. The molecule has 0 bridgehead atoms. The molecule has 3 rings (SSSR count). The fraction of sp³-hybridized carbons (Fsp3) is 0.286. The summed E-state index contributed by atoms with van der Waals surface area (Å²) >= 11 is 1.43. The predicted octanol–water partition coefficient (Wildman–Crippen LogP) is 3.69. The summed E-state index contributed by atoms with van der Waals surface area (Å²) < 4.78 is 2.05. The van der Waals surface area contributed by atoms with E-state index in [1.54, 1.807) is 4.90 Å². The van der Waals surface area contributed by atoms with Gasteiger partial charge < -0.3 is 9.47 Å². The first-order valence-electron chi connectivity index (χ1n) is 8.89. The molecule has 0 radical (unpaired) electrons. The third-order valence-electron chi connectivity index (χ3n) is 4.38. The normalized spacial score (nSPS) is 10.8. The van der Waals surface area contributed by atoms with Gasteiger partial charge >= 0.3 is 0 Å². The molecule has 0 aliphatic heterocycles. The first kappa shape index (κ1) is 19.2. The number of amides is 1. The molecule has 1 amide bonds. The van der Waals surface area contributed by atoms with Crippen molar-refractivity contribution in [2.75, 3.05) is 12.8 Å². The summed E-state index contributed by atoms with van der Waals surface area (Å²) in [6.45, 7) is 5.30. The number of hydrogen-bond acceptors (Lipinski definition) is 4. The second-order valence-corrected chi connectivity index (χ2v) is 7.57. The summed E-state index contributed by atoms with van der Waals surface area (Å²) in [5, 5.41) is 9.19. The van der Waals surface area contributed by atoms with Crippen molar-refractivity contribution in [1.82, 2.24) is 19.7 Å². The maximum absolute atomic E-state index is 12.5. The topological polar surface area (TPSA) is 51.0 Å². The van der Waals surface area contributed by atoms with Gasteiger partial charge in [-0.3, -0.25) is 4.79 Å². The first-order valence-corrected chi connectivity index (χ1v) is 9.87. The smallest absolute Gasteiger partial charge is 0.233 e. The monoisotopic (exact) mass is 380 g/mol. The Labute approximate surface area is 164 Å². The average molecular weight is 381 g/mol. The summed E-state index contributed by atoms with van der Waals surface area (Å²) in [6.07, 6.45) is 0. The van der Waals surface area contributed by atoms with Crippen LogP contribution in [0, 0.1) is 13.8 Å². The van der Waals surface area contributed by atoms with Crippen LogP contribution in [0.4, 0.5) is 0 Å². The molecule has 0 atom stereocenters. The van der Waals surface area contributed by atoms with E-state index in [2.05, 4.69) is 53.5 Å². The molecular formula is C21H24N4OS. The Balaban J connectivity index is 1.59. The van der Waals surface area contributed by atoms with Gasteiger partial charge in [-0.05, 0) is 25.0 Å². The van der Waals surface area contributed by atoms with E-state index in [4.69, 9.17) is 0 Å². The lowest BCUT2D eigenvalue weighted by Crippen LogP contribution is -2.27. The van der Waals surface area contributed by atoms with E-state index < -0.39 is 0 Å². The van der Waals surface area contributed by atoms with Crippen LogP contribution in [0.1, 0.15) is 22.5 Å². The fourth-order valence-corrected chi connectivity index (χ4v) is 3.63. The number of nitrogens with zero attached hydrogens (tertiary/aromatic N) is 4. The number of hydrogen-bond donors (Lipinski definition) is 0. The molecule has 0 fully saturated rings. The van der Waals surface area contributed by atoms with Crippen molar-refractivity contribution in [3.05, 3.63) is 77.1 Å². The molecule has 0 aliphatic rings. The molecule has 0 saturated heterocycles. The highest BCUT2D eigenvalue weighted by Gasteiger charge is 2.15. The van der Waals surface area contributed by atoms with E-state index in [0.717, 1.165) is 16.5 Å². The number of thioether (sulfide) groups is 1. The van der Waals surface area contributed by atoms with Gasteiger partial charge in [0.25, 0.3) is 0 Å². The summed E-state index contributed by atoms with van der Waals surface area (Å²) in [4.78, 5) is 14.3. The van der Waals surface area contributed by atoms with Crippen molar-refractivity contribution in [3.63, 3.8) is 0 Å². The van der Waals surface area contributed by atoms with Gasteiger partial charge in [-0.1, -0.05) is 71.9 Å². The Hall–Kier alpha value is -2.60. The van der Waals surface area contributed by atoms with Crippen molar-refractivity contribution >= 4 is 17.7 Å². The standard InChI is InChI=1S/C21H24N4OS/c1-16-9-11-19(12-10-16)13-24(3)20(26)15-27-21-23-22-17(2)25(21)14-18-7-5-4-6-8-18/h4-12H,13-15H2,1-3H3. The predicted molar refractivity (Wildman–Crippen MR) is 109 cm³/mol. The van der Waals surface area contributed by atoms with Gasteiger partial charge in [0.05, 0.1) is 12.3 Å². The molecule has 2 aromatic carbocycles. The Kier molecular flexibility index (Phi) is 6.29. The van der Waals surface area contributed by atoms with Crippen molar-refractivity contribution in [2.45, 2.75) is 32.1 Å². The van der Waals surface area contributed by atoms with Crippen LogP contribution in [-0.2, 0) is 17.9 Å².